The van der Waals surface area contributed by atoms with Crippen LogP contribution in [0.1, 0.15) is 12.6 Å². The van der Waals surface area contributed by atoms with E-state index in [-0.39, 0.29) is 23.9 Å². The molecule has 1 aromatic heterocycles. The molecule has 0 radical (unpaired) electrons. The lowest BCUT2D eigenvalue weighted by Gasteiger charge is -2.07. The normalized spacial score (nSPS) is 11.0. The Labute approximate surface area is 144 Å². The molecule has 0 atom stereocenters. The van der Waals surface area contributed by atoms with Crippen molar-refractivity contribution in [3.8, 4) is 5.75 Å². The Hall–Kier alpha value is -2.13. The number of hydrogen-bond donors (Lipinski definition) is 1. The van der Waals surface area contributed by atoms with Crippen LogP contribution in [-0.4, -0.2) is 38.3 Å². The number of ether oxygens (including phenoxy) is 2. The van der Waals surface area contributed by atoms with Gasteiger partial charge in [0.15, 0.2) is 5.13 Å². The van der Waals surface area contributed by atoms with Gasteiger partial charge in [0.1, 0.15) is 18.1 Å². The largest absolute Gasteiger partial charge is 0.492 e. The highest BCUT2D eigenvalue weighted by atomic mass is 32.2. The molecule has 1 heterocycles. The lowest BCUT2D eigenvalue weighted by Crippen LogP contribution is -2.21. The van der Waals surface area contributed by atoms with Crippen LogP contribution in [0.3, 0.4) is 0 Å². The molecule has 0 spiro atoms. The van der Waals surface area contributed by atoms with E-state index in [0.717, 1.165) is 11.3 Å². The molecule has 0 amide bonds. The van der Waals surface area contributed by atoms with Crippen LogP contribution in [-0.2, 0) is 26.0 Å². The third-order valence-electron chi connectivity index (χ3n) is 2.79. The number of aromatic nitrogens is 1. The zero-order valence-electron chi connectivity index (χ0n) is 13.1. The highest BCUT2D eigenvalue weighted by Crippen LogP contribution is 2.17. The third kappa shape index (κ3) is 6.17. The lowest BCUT2D eigenvalue weighted by atomic mass is 10.3. The second-order valence-corrected chi connectivity index (χ2v) is 7.41. The smallest absolute Gasteiger partial charge is 0.311 e. The molecular formula is C15H18N2O5S2. The van der Waals surface area contributed by atoms with E-state index < -0.39 is 16.0 Å². The number of anilines is 1. The average Bonchev–Trinajstić information content (AvgIpc) is 2.94. The molecule has 2 aromatic rings. The number of rotatable bonds is 9. The summed E-state index contributed by atoms with van der Waals surface area (Å²) >= 11 is 1.12. The van der Waals surface area contributed by atoms with Crippen LogP contribution in [0.25, 0.3) is 0 Å². The van der Waals surface area contributed by atoms with Crippen molar-refractivity contribution >= 4 is 32.5 Å². The average molecular weight is 370 g/mol. The predicted molar refractivity (Wildman–Crippen MR) is 91.8 cm³/mol. The number of esters is 1. The Kier molecular flexibility index (Phi) is 6.56. The zero-order chi connectivity index (χ0) is 17.4. The maximum atomic E-state index is 12.0. The van der Waals surface area contributed by atoms with Crippen LogP contribution < -0.4 is 9.46 Å². The molecule has 2 rings (SSSR count). The van der Waals surface area contributed by atoms with E-state index in [0.29, 0.717) is 18.1 Å². The summed E-state index contributed by atoms with van der Waals surface area (Å²) in [6, 6.07) is 8.97. The van der Waals surface area contributed by atoms with E-state index in [1.54, 1.807) is 24.4 Å². The SMILES string of the molecule is CCOC(=O)Cc1csc(NS(=O)(=O)CCOc2ccccc2)n1. The number of carbonyl (C=O) groups excluding carboxylic acids is 1. The molecule has 1 aromatic carbocycles. The van der Waals surface area contributed by atoms with Gasteiger partial charge in [-0.3, -0.25) is 9.52 Å². The molecule has 0 aliphatic carbocycles. The number of carbonyl (C=O) groups is 1. The van der Waals surface area contributed by atoms with Crippen molar-refractivity contribution in [2.75, 3.05) is 23.7 Å². The summed E-state index contributed by atoms with van der Waals surface area (Å²) in [4.78, 5) is 15.4. The van der Waals surface area contributed by atoms with Gasteiger partial charge < -0.3 is 9.47 Å². The van der Waals surface area contributed by atoms with Crippen LogP contribution in [0.2, 0.25) is 0 Å². The molecule has 130 valence electrons. The minimum absolute atomic E-state index is 0.0170. The number of sulfonamides is 1. The van der Waals surface area contributed by atoms with Crippen molar-refractivity contribution < 1.29 is 22.7 Å². The van der Waals surface area contributed by atoms with Crippen LogP contribution in [0.5, 0.6) is 5.75 Å². The first kappa shape index (κ1) is 18.2. The predicted octanol–water partition coefficient (Wildman–Crippen LogP) is 2.07. The highest BCUT2D eigenvalue weighted by Gasteiger charge is 2.14. The number of hydrogen-bond acceptors (Lipinski definition) is 7. The monoisotopic (exact) mass is 370 g/mol. The standard InChI is InChI=1S/C15H18N2O5S2/c1-2-21-14(18)10-12-11-23-15(16-12)17-24(19,20)9-8-22-13-6-4-3-5-7-13/h3-7,11H,2,8-10H2,1H3,(H,16,17). The second kappa shape index (κ2) is 8.65. The summed E-state index contributed by atoms with van der Waals surface area (Å²) in [7, 11) is -3.57. The minimum atomic E-state index is -3.57. The first-order valence-corrected chi connectivity index (χ1v) is 9.80. The number of nitrogens with zero attached hydrogens (tertiary/aromatic N) is 1. The van der Waals surface area contributed by atoms with Gasteiger partial charge in [0.25, 0.3) is 0 Å². The minimum Gasteiger partial charge on any atom is -0.492 e. The summed E-state index contributed by atoms with van der Waals surface area (Å²) in [6.07, 6.45) is 0.0170. The fraction of sp³-hybridized carbons (Fsp3) is 0.333. The Morgan fingerprint density at radius 3 is 2.75 bits per heavy atom. The van der Waals surface area contributed by atoms with Crippen molar-refractivity contribution in [2.45, 2.75) is 13.3 Å². The number of nitrogens with one attached hydrogen (secondary N) is 1. The number of para-hydroxylation sites is 1. The molecule has 9 heteroatoms. The van der Waals surface area contributed by atoms with Crippen molar-refractivity contribution in [1.82, 2.24) is 4.98 Å². The molecule has 0 bridgehead atoms. The van der Waals surface area contributed by atoms with E-state index in [1.165, 1.54) is 0 Å². The van der Waals surface area contributed by atoms with Gasteiger partial charge in [-0.25, -0.2) is 13.4 Å². The number of benzene rings is 1. The fourth-order valence-electron chi connectivity index (χ4n) is 1.76. The summed E-state index contributed by atoms with van der Waals surface area (Å²) in [5, 5.41) is 1.84. The topological polar surface area (TPSA) is 94.6 Å². The molecule has 0 aliphatic heterocycles. The van der Waals surface area contributed by atoms with Gasteiger partial charge in [-0.2, -0.15) is 0 Å². The molecular weight excluding hydrogens is 352 g/mol. The van der Waals surface area contributed by atoms with Crippen LogP contribution in [0.4, 0.5) is 5.13 Å². The van der Waals surface area contributed by atoms with E-state index in [9.17, 15) is 13.2 Å². The molecule has 0 saturated heterocycles. The first-order valence-electron chi connectivity index (χ1n) is 7.27. The summed E-state index contributed by atoms with van der Waals surface area (Å²) < 4.78 is 36.6. The van der Waals surface area contributed by atoms with Crippen molar-refractivity contribution in [3.05, 3.63) is 41.4 Å². The van der Waals surface area contributed by atoms with Gasteiger partial charge in [0, 0.05) is 5.38 Å². The third-order valence-corrected chi connectivity index (χ3v) is 4.93. The summed E-state index contributed by atoms with van der Waals surface area (Å²) in [5.41, 5.74) is 0.469. The molecule has 24 heavy (non-hydrogen) atoms. The van der Waals surface area contributed by atoms with Crippen LogP contribution >= 0.6 is 11.3 Å². The van der Waals surface area contributed by atoms with Gasteiger partial charge >= 0.3 is 5.97 Å². The number of thiazole rings is 1. The van der Waals surface area contributed by atoms with E-state index in [2.05, 4.69) is 9.71 Å². The highest BCUT2D eigenvalue weighted by molar-refractivity contribution is 7.92. The Balaban J connectivity index is 1.83. The fourth-order valence-corrected chi connectivity index (χ4v) is 3.61. The molecule has 1 N–H and O–H groups in total. The van der Waals surface area contributed by atoms with Gasteiger partial charge in [0.05, 0.1) is 18.7 Å². The Morgan fingerprint density at radius 2 is 2.04 bits per heavy atom. The zero-order valence-corrected chi connectivity index (χ0v) is 14.7. The molecule has 0 unspecified atom stereocenters. The Bertz CT molecular complexity index is 759. The van der Waals surface area contributed by atoms with Gasteiger partial charge in [-0.15, -0.1) is 11.3 Å². The van der Waals surface area contributed by atoms with Crippen molar-refractivity contribution in [3.63, 3.8) is 0 Å². The maximum Gasteiger partial charge on any atom is 0.311 e. The van der Waals surface area contributed by atoms with Gasteiger partial charge in [-0.05, 0) is 19.1 Å². The molecule has 0 fully saturated rings. The molecule has 0 saturated carbocycles. The molecule has 7 nitrogen and oxygen atoms in total. The van der Waals surface area contributed by atoms with Gasteiger partial charge in [0.2, 0.25) is 10.0 Å². The van der Waals surface area contributed by atoms with Crippen LogP contribution in [0.15, 0.2) is 35.7 Å². The quantitative estimate of drug-likeness (QED) is 0.679. The second-order valence-electron chi connectivity index (χ2n) is 4.71. The van der Waals surface area contributed by atoms with E-state index in [1.807, 2.05) is 18.2 Å². The lowest BCUT2D eigenvalue weighted by molar-refractivity contribution is -0.142. The van der Waals surface area contributed by atoms with Gasteiger partial charge in [-0.1, -0.05) is 18.2 Å². The summed E-state index contributed by atoms with van der Waals surface area (Å²) in [6.45, 7) is 2.04. The van der Waals surface area contributed by atoms with Crippen LogP contribution in [0, 0.1) is 0 Å². The van der Waals surface area contributed by atoms with Crippen molar-refractivity contribution in [1.29, 1.82) is 0 Å². The van der Waals surface area contributed by atoms with Crippen molar-refractivity contribution in [2.24, 2.45) is 0 Å². The maximum absolute atomic E-state index is 12.0. The van der Waals surface area contributed by atoms with E-state index in [4.69, 9.17) is 9.47 Å². The summed E-state index contributed by atoms with van der Waals surface area (Å²) in [5.74, 6) is 0.0152. The first-order chi connectivity index (χ1) is 11.5. The molecule has 0 aliphatic rings. The Morgan fingerprint density at radius 1 is 1.29 bits per heavy atom. The van der Waals surface area contributed by atoms with E-state index >= 15 is 0 Å².